The molecule has 0 aliphatic carbocycles. The maximum atomic E-state index is 12.5. The number of hydrogen-bond acceptors (Lipinski definition) is 1. The Kier molecular flexibility index (Phi) is 1.32. The third-order valence-electron chi connectivity index (χ3n) is 1.40. The van der Waals surface area contributed by atoms with Gasteiger partial charge in [-0.25, -0.2) is 9.37 Å². The van der Waals surface area contributed by atoms with Crippen LogP contribution in [0, 0.1) is 5.82 Å². The van der Waals surface area contributed by atoms with E-state index in [2.05, 4.69) is 9.97 Å². The number of fused-ring (bicyclic) bond motifs is 1. The van der Waals surface area contributed by atoms with Crippen molar-refractivity contribution in [3.63, 3.8) is 0 Å². The van der Waals surface area contributed by atoms with Crippen LogP contribution >= 0.6 is 11.6 Å². The molecule has 11 heavy (non-hydrogen) atoms. The van der Waals surface area contributed by atoms with Gasteiger partial charge in [-0.3, -0.25) is 0 Å². The van der Waals surface area contributed by atoms with Crippen molar-refractivity contribution in [2.24, 2.45) is 0 Å². The minimum atomic E-state index is -0.354. The van der Waals surface area contributed by atoms with Gasteiger partial charge in [-0.15, -0.1) is 0 Å². The minimum absolute atomic E-state index is 0.354. The van der Waals surface area contributed by atoms with E-state index in [1.165, 1.54) is 6.07 Å². The van der Waals surface area contributed by atoms with Gasteiger partial charge >= 0.3 is 0 Å². The molecule has 0 aromatic carbocycles. The maximum Gasteiger partial charge on any atom is 0.142 e. The van der Waals surface area contributed by atoms with Gasteiger partial charge in [0.15, 0.2) is 0 Å². The van der Waals surface area contributed by atoms with Gasteiger partial charge in [0, 0.05) is 5.39 Å². The van der Waals surface area contributed by atoms with Crippen LogP contribution in [-0.2, 0) is 0 Å². The van der Waals surface area contributed by atoms with Crippen LogP contribution in [0.4, 0.5) is 4.39 Å². The number of aromatic nitrogens is 2. The van der Waals surface area contributed by atoms with Gasteiger partial charge in [-0.1, -0.05) is 11.6 Å². The summed E-state index contributed by atoms with van der Waals surface area (Å²) in [6, 6.07) is 3.01. The van der Waals surface area contributed by atoms with Gasteiger partial charge < -0.3 is 4.98 Å². The number of hydrogen-bond donors (Lipinski definition) is 1. The summed E-state index contributed by atoms with van der Waals surface area (Å²) in [7, 11) is 0. The highest BCUT2D eigenvalue weighted by Gasteiger charge is 1.99. The molecule has 1 N–H and O–H groups in total. The van der Waals surface area contributed by atoms with Gasteiger partial charge in [0.2, 0.25) is 0 Å². The van der Waals surface area contributed by atoms with Crippen LogP contribution in [0.1, 0.15) is 0 Å². The number of nitrogens with zero attached hydrogens (tertiary/aromatic N) is 1. The van der Waals surface area contributed by atoms with Crippen LogP contribution in [0.3, 0.4) is 0 Å². The molecule has 2 rings (SSSR count). The fourth-order valence-corrected chi connectivity index (χ4v) is 1.16. The van der Waals surface area contributed by atoms with Gasteiger partial charge in [-0.05, 0) is 12.1 Å². The van der Waals surface area contributed by atoms with Gasteiger partial charge in [0.25, 0.3) is 0 Å². The Hall–Kier alpha value is -1.09. The number of pyridine rings is 1. The van der Waals surface area contributed by atoms with E-state index in [4.69, 9.17) is 11.6 Å². The van der Waals surface area contributed by atoms with Gasteiger partial charge in [-0.2, -0.15) is 0 Å². The van der Waals surface area contributed by atoms with E-state index in [1.807, 2.05) is 0 Å². The van der Waals surface area contributed by atoms with E-state index in [1.54, 1.807) is 6.07 Å². The predicted molar refractivity (Wildman–Crippen MR) is 41.1 cm³/mol. The molecule has 0 fully saturated rings. The fraction of sp³-hybridized carbons (Fsp3) is 0. The van der Waals surface area contributed by atoms with Crippen molar-refractivity contribution in [2.45, 2.75) is 0 Å². The Balaban J connectivity index is 2.82. The monoisotopic (exact) mass is 170 g/mol. The average Bonchev–Trinajstić information content (AvgIpc) is 2.27. The van der Waals surface area contributed by atoms with Crippen LogP contribution < -0.4 is 0 Å². The number of aromatic amines is 1. The van der Waals surface area contributed by atoms with E-state index in [0.29, 0.717) is 16.2 Å². The van der Waals surface area contributed by atoms with Crippen molar-refractivity contribution in [1.82, 2.24) is 9.97 Å². The Labute approximate surface area is 67.0 Å². The first-order valence-electron chi connectivity index (χ1n) is 3.05. The molecule has 2 nitrogen and oxygen atoms in total. The zero-order valence-corrected chi connectivity index (χ0v) is 6.19. The lowest BCUT2D eigenvalue weighted by Crippen LogP contribution is -1.77. The summed E-state index contributed by atoms with van der Waals surface area (Å²) >= 11 is 5.62. The summed E-state index contributed by atoms with van der Waals surface area (Å²) in [5.74, 6) is -0.354. The largest absolute Gasteiger partial charge is 0.330 e. The first-order chi connectivity index (χ1) is 5.25. The smallest absolute Gasteiger partial charge is 0.142 e. The molecule has 0 bridgehead atoms. The molecular formula is C7H4ClFN2. The second-order valence-electron chi connectivity index (χ2n) is 2.21. The highest BCUT2D eigenvalue weighted by molar-refractivity contribution is 6.30. The second kappa shape index (κ2) is 2.20. The van der Waals surface area contributed by atoms with Crippen LogP contribution in [-0.4, -0.2) is 9.97 Å². The molecule has 0 amide bonds. The quantitative estimate of drug-likeness (QED) is 0.646. The van der Waals surface area contributed by atoms with Crippen molar-refractivity contribution in [3.05, 3.63) is 29.3 Å². The Bertz CT molecular complexity index is 396. The van der Waals surface area contributed by atoms with Gasteiger partial charge in [0.05, 0.1) is 6.20 Å². The SMILES string of the molecule is Fc1cnc2[nH]c(Cl)cc2c1. The summed E-state index contributed by atoms with van der Waals surface area (Å²) in [5, 5.41) is 1.16. The molecule has 0 spiro atoms. The zero-order valence-electron chi connectivity index (χ0n) is 5.44. The molecule has 0 unspecified atom stereocenters. The molecule has 0 saturated carbocycles. The highest BCUT2D eigenvalue weighted by Crippen LogP contribution is 2.16. The molecule has 0 radical (unpaired) electrons. The molecule has 2 aromatic rings. The lowest BCUT2D eigenvalue weighted by molar-refractivity contribution is 0.624. The van der Waals surface area contributed by atoms with E-state index in [0.717, 1.165) is 6.20 Å². The number of halogens is 2. The molecular weight excluding hydrogens is 167 g/mol. The number of H-pyrrole nitrogens is 1. The molecule has 0 saturated heterocycles. The van der Waals surface area contributed by atoms with Crippen molar-refractivity contribution in [2.75, 3.05) is 0 Å². The van der Waals surface area contributed by atoms with E-state index in [9.17, 15) is 4.39 Å². The molecule has 0 aliphatic heterocycles. The Morgan fingerprint density at radius 2 is 2.27 bits per heavy atom. The highest BCUT2D eigenvalue weighted by atomic mass is 35.5. The summed E-state index contributed by atoms with van der Waals surface area (Å²) in [6.45, 7) is 0. The molecule has 2 heterocycles. The van der Waals surface area contributed by atoms with Crippen LogP contribution in [0.5, 0.6) is 0 Å². The normalized spacial score (nSPS) is 10.7. The molecule has 4 heteroatoms. The van der Waals surface area contributed by atoms with Crippen LogP contribution in [0.25, 0.3) is 11.0 Å². The fourth-order valence-electron chi connectivity index (χ4n) is 0.955. The Morgan fingerprint density at radius 1 is 1.45 bits per heavy atom. The van der Waals surface area contributed by atoms with E-state index >= 15 is 0 Å². The van der Waals surface area contributed by atoms with Crippen LogP contribution in [0.15, 0.2) is 18.3 Å². The number of rotatable bonds is 0. The molecule has 2 aromatic heterocycles. The standard InChI is InChI=1S/C7H4ClFN2/c8-6-2-4-1-5(9)3-10-7(4)11-6/h1-3H,(H,10,11). The third kappa shape index (κ3) is 1.07. The summed E-state index contributed by atoms with van der Waals surface area (Å²) in [4.78, 5) is 6.56. The molecule has 0 aliphatic rings. The van der Waals surface area contributed by atoms with E-state index < -0.39 is 0 Å². The summed E-state index contributed by atoms with van der Waals surface area (Å²) in [6.07, 6.45) is 1.15. The van der Waals surface area contributed by atoms with Crippen molar-refractivity contribution < 1.29 is 4.39 Å². The zero-order chi connectivity index (χ0) is 7.84. The molecule has 56 valence electrons. The van der Waals surface area contributed by atoms with Gasteiger partial charge in [0.1, 0.15) is 16.6 Å². The average molecular weight is 171 g/mol. The number of nitrogens with one attached hydrogen (secondary N) is 1. The first-order valence-corrected chi connectivity index (χ1v) is 3.43. The predicted octanol–water partition coefficient (Wildman–Crippen LogP) is 2.36. The lowest BCUT2D eigenvalue weighted by atomic mass is 10.3. The van der Waals surface area contributed by atoms with Crippen LogP contribution in [0.2, 0.25) is 5.15 Å². The van der Waals surface area contributed by atoms with Crippen molar-refractivity contribution in [3.8, 4) is 0 Å². The first kappa shape index (κ1) is 6.61. The summed E-state index contributed by atoms with van der Waals surface area (Å²) < 4.78 is 12.5. The Morgan fingerprint density at radius 3 is 3.09 bits per heavy atom. The lowest BCUT2D eigenvalue weighted by Gasteiger charge is -1.86. The maximum absolute atomic E-state index is 12.5. The topological polar surface area (TPSA) is 28.7 Å². The third-order valence-corrected chi connectivity index (χ3v) is 1.61. The molecule has 0 atom stereocenters. The second-order valence-corrected chi connectivity index (χ2v) is 2.62. The van der Waals surface area contributed by atoms with Crippen molar-refractivity contribution >= 4 is 22.6 Å². The minimum Gasteiger partial charge on any atom is -0.330 e. The summed E-state index contributed by atoms with van der Waals surface area (Å²) in [5.41, 5.74) is 0.608. The van der Waals surface area contributed by atoms with Crippen molar-refractivity contribution in [1.29, 1.82) is 0 Å². The van der Waals surface area contributed by atoms with E-state index in [-0.39, 0.29) is 5.82 Å².